The van der Waals surface area contributed by atoms with Crippen molar-refractivity contribution < 1.29 is 14.6 Å². The van der Waals surface area contributed by atoms with Crippen LogP contribution in [0, 0.1) is 0 Å². The first-order valence-electron chi connectivity index (χ1n) is 11.4. The molecule has 2 aromatic rings. The molecule has 1 aliphatic carbocycles. The highest BCUT2D eigenvalue weighted by atomic mass is 35.5. The van der Waals surface area contributed by atoms with Gasteiger partial charge in [-0.05, 0) is 74.6 Å². The maximum Gasteiger partial charge on any atom is 0.325 e. The molecule has 6 heteroatoms. The van der Waals surface area contributed by atoms with Gasteiger partial charge in [-0.1, -0.05) is 35.9 Å². The van der Waals surface area contributed by atoms with Gasteiger partial charge in [-0.3, -0.25) is 14.7 Å². The Morgan fingerprint density at radius 2 is 2.03 bits per heavy atom. The number of carbonyl (C=O) groups is 1. The zero-order chi connectivity index (χ0) is 21.6. The molecule has 166 valence electrons. The monoisotopic (exact) mass is 442 g/mol. The summed E-state index contributed by atoms with van der Waals surface area (Å²) < 4.78 is 6.07. The molecule has 2 aliphatic rings. The third-order valence-electron chi connectivity index (χ3n) is 6.39. The zero-order valence-corrected chi connectivity index (χ0v) is 18.7. The highest BCUT2D eigenvalue weighted by molar-refractivity contribution is 6.31. The minimum atomic E-state index is -0.869. The van der Waals surface area contributed by atoms with Crippen LogP contribution < -0.4 is 0 Å². The van der Waals surface area contributed by atoms with Crippen LogP contribution in [0.1, 0.15) is 60.7 Å². The SMILES string of the molecule is O=C(O)[C@H](c1ccccc1Cl)N1CC[C@@H](OCCCCc2ccc3c(n2)CCCC3)C1. The number of halogens is 1. The van der Waals surface area contributed by atoms with Gasteiger partial charge in [0.2, 0.25) is 0 Å². The number of carboxylic acids is 1. The molecule has 2 heterocycles. The summed E-state index contributed by atoms with van der Waals surface area (Å²) in [6.45, 7) is 2.02. The number of hydrogen-bond donors (Lipinski definition) is 1. The van der Waals surface area contributed by atoms with Crippen LogP contribution in [0.2, 0.25) is 5.02 Å². The standard InChI is InChI=1S/C25H31ClN2O3/c26-22-10-3-2-9-21(22)24(25(29)30)28-15-14-20(17-28)31-16-6-5-8-19-13-12-18-7-1-4-11-23(18)27-19/h2-3,9-10,12-13,20,24H,1,4-8,11,14-17H2,(H,29,30)/t20-,24+/m1/s1. The van der Waals surface area contributed by atoms with Crippen molar-refractivity contribution in [1.82, 2.24) is 9.88 Å². The van der Waals surface area contributed by atoms with Gasteiger partial charge in [-0.25, -0.2) is 0 Å². The second-order valence-electron chi connectivity index (χ2n) is 8.61. The van der Waals surface area contributed by atoms with Gasteiger partial charge in [-0.2, -0.15) is 0 Å². The summed E-state index contributed by atoms with van der Waals surface area (Å²) in [7, 11) is 0. The smallest absolute Gasteiger partial charge is 0.325 e. The molecule has 0 bridgehead atoms. The Morgan fingerprint density at radius 3 is 2.87 bits per heavy atom. The number of aryl methyl sites for hydroxylation is 3. The Labute approximate surface area is 189 Å². The van der Waals surface area contributed by atoms with Gasteiger partial charge in [0.1, 0.15) is 6.04 Å². The van der Waals surface area contributed by atoms with E-state index in [9.17, 15) is 9.90 Å². The van der Waals surface area contributed by atoms with E-state index in [-0.39, 0.29) is 6.10 Å². The molecule has 5 nitrogen and oxygen atoms in total. The van der Waals surface area contributed by atoms with Crippen molar-refractivity contribution in [2.75, 3.05) is 19.7 Å². The van der Waals surface area contributed by atoms with Crippen LogP contribution in [-0.2, 0) is 28.8 Å². The molecular formula is C25H31ClN2O3. The number of hydrogen-bond acceptors (Lipinski definition) is 4. The molecule has 0 saturated carbocycles. The molecular weight excluding hydrogens is 412 g/mol. The van der Waals surface area contributed by atoms with E-state index < -0.39 is 12.0 Å². The number of carboxylic acid groups (broad SMARTS) is 1. The lowest BCUT2D eigenvalue weighted by atomic mass is 9.95. The van der Waals surface area contributed by atoms with Crippen molar-refractivity contribution in [3.05, 3.63) is 63.9 Å². The van der Waals surface area contributed by atoms with Crippen LogP contribution in [0.3, 0.4) is 0 Å². The van der Waals surface area contributed by atoms with Crippen molar-refractivity contribution >= 4 is 17.6 Å². The molecule has 1 aliphatic heterocycles. The van der Waals surface area contributed by atoms with E-state index in [1.54, 1.807) is 12.1 Å². The van der Waals surface area contributed by atoms with Crippen molar-refractivity contribution in [3.63, 3.8) is 0 Å². The molecule has 1 fully saturated rings. The quantitative estimate of drug-likeness (QED) is 0.562. The minimum Gasteiger partial charge on any atom is -0.480 e. The number of likely N-dealkylation sites (tertiary alicyclic amines) is 1. The van der Waals surface area contributed by atoms with E-state index in [2.05, 4.69) is 12.1 Å². The summed E-state index contributed by atoms with van der Waals surface area (Å²) in [5.41, 5.74) is 4.57. The highest BCUT2D eigenvalue weighted by Gasteiger charge is 2.34. The lowest BCUT2D eigenvalue weighted by Crippen LogP contribution is -2.33. The average Bonchev–Trinajstić information content (AvgIpc) is 3.23. The van der Waals surface area contributed by atoms with Crippen LogP contribution in [0.5, 0.6) is 0 Å². The van der Waals surface area contributed by atoms with E-state index in [0.29, 0.717) is 30.3 Å². The molecule has 0 amide bonds. The summed E-state index contributed by atoms with van der Waals surface area (Å²) >= 11 is 6.26. The van der Waals surface area contributed by atoms with Crippen LogP contribution in [0.4, 0.5) is 0 Å². The normalized spacial score (nSPS) is 19.8. The number of aliphatic carboxylic acids is 1. The first kappa shape index (κ1) is 22.3. The Hall–Kier alpha value is -1.95. The van der Waals surface area contributed by atoms with Gasteiger partial charge in [0, 0.05) is 36.1 Å². The maximum atomic E-state index is 11.9. The number of rotatable bonds is 9. The fourth-order valence-electron chi connectivity index (χ4n) is 4.73. The lowest BCUT2D eigenvalue weighted by Gasteiger charge is -2.25. The number of pyridine rings is 1. The molecule has 0 unspecified atom stereocenters. The van der Waals surface area contributed by atoms with Crippen molar-refractivity contribution in [2.45, 2.75) is 63.5 Å². The summed E-state index contributed by atoms with van der Waals surface area (Å²) in [6, 6.07) is 10.9. The number of aromatic nitrogens is 1. The fourth-order valence-corrected chi connectivity index (χ4v) is 4.97. The molecule has 0 radical (unpaired) electrons. The Morgan fingerprint density at radius 1 is 1.19 bits per heavy atom. The minimum absolute atomic E-state index is 0.0752. The third kappa shape index (κ3) is 5.65. The Kier molecular flexibility index (Phi) is 7.59. The van der Waals surface area contributed by atoms with Gasteiger partial charge < -0.3 is 9.84 Å². The number of fused-ring (bicyclic) bond motifs is 1. The first-order chi connectivity index (χ1) is 15.1. The Bertz CT molecular complexity index is 904. The maximum absolute atomic E-state index is 11.9. The van der Waals surface area contributed by atoms with Crippen LogP contribution in [0.15, 0.2) is 36.4 Å². The van der Waals surface area contributed by atoms with E-state index >= 15 is 0 Å². The number of unbranched alkanes of at least 4 members (excludes halogenated alkanes) is 1. The summed E-state index contributed by atoms with van der Waals surface area (Å²) in [5, 5.41) is 10.3. The lowest BCUT2D eigenvalue weighted by molar-refractivity contribution is -0.143. The largest absolute Gasteiger partial charge is 0.480 e. The predicted octanol–water partition coefficient (Wildman–Crippen LogP) is 4.85. The molecule has 4 rings (SSSR count). The molecule has 1 N–H and O–H groups in total. The van der Waals surface area contributed by atoms with Crippen LogP contribution in [0.25, 0.3) is 0 Å². The molecule has 1 aromatic carbocycles. The molecule has 31 heavy (non-hydrogen) atoms. The van der Waals surface area contributed by atoms with E-state index in [1.807, 2.05) is 17.0 Å². The van der Waals surface area contributed by atoms with Gasteiger partial charge >= 0.3 is 5.97 Å². The average molecular weight is 443 g/mol. The predicted molar refractivity (Wildman–Crippen MR) is 122 cm³/mol. The number of ether oxygens (including phenoxy) is 1. The second-order valence-corrected chi connectivity index (χ2v) is 9.02. The van der Waals surface area contributed by atoms with Gasteiger partial charge in [0.25, 0.3) is 0 Å². The number of nitrogens with zero attached hydrogens (tertiary/aromatic N) is 2. The first-order valence-corrected chi connectivity index (χ1v) is 11.8. The number of benzene rings is 1. The summed E-state index contributed by atoms with van der Waals surface area (Å²) in [6.07, 6.45) is 8.80. The highest BCUT2D eigenvalue weighted by Crippen LogP contribution is 2.31. The topological polar surface area (TPSA) is 62.7 Å². The Balaban J connectivity index is 1.21. The van der Waals surface area contributed by atoms with Crippen molar-refractivity contribution in [3.8, 4) is 0 Å². The summed E-state index contributed by atoms with van der Waals surface area (Å²) in [4.78, 5) is 18.7. The van der Waals surface area contributed by atoms with E-state index in [4.69, 9.17) is 21.3 Å². The van der Waals surface area contributed by atoms with Crippen molar-refractivity contribution in [1.29, 1.82) is 0 Å². The molecule has 1 aromatic heterocycles. The van der Waals surface area contributed by atoms with Gasteiger partial charge in [0.05, 0.1) is 6.10 Å². The van der Waals surface area contributed by atoms with Crippen LogP contribution >= 0.6 is 11.6 Å². The molecule has 0 spiro atoms. The summed E-state index contributed by atoms with van der Waals surface area (Å²) in [5.74, 6) is -0.869. The van der Waals surface area contributed by atoms with Gasteiger partial charge in [-0.15, -0.1) is 0 Å². The van der Waals surface area contributed by atoms with Gasteiger partial charge in [0.15, 0.2) is 0 Å². The van der Waals surface area contributed by atoms with E-state index in [0.717, 1.165) is 32.1 Å². The van der Waals surface area contributed by atoms with Crippen molar-refractivity contribution in [2.24, 2.45) is 0 Å². The zero-order valence-electron chi connectivity index (χ0n) is 17.9. The third-order valence-corrected chi connectivity index (χ3v) is 6.74. The fraction of sp³-hybridized carbons (Fsp3) is 0.520. The molecule has 1 saturated heterocycles. The molecule has 2 atom stereocenters. The van der Waals surface area contributed by atoms with E-state index in [1.165, 1.54) is 36.2 Å². The van der Waals surface area contributed by atoms with Crippen LogP contribution in [-0.4, -0.2) is 46.8 Å². The second kappa shape index (κ2) is 10.6.